The molecule has 0 aliphatic rings. The first kappa shape index (κ1) is 9.43. The van der Waals surface area contributed by atoms with Crippen LogP contribution in [0.3, 0.4) is 0 Å². The molecular weight excluding hydrogens is 130 g/mol. The largest absolute Gasteiger partial charge is 0.274 e. The third kappa shape index (κ3) is 5.56. The van der Waals surface area contributed by atoms with Crippen molar-refractivity contribution in [2.45, 2.75) is 33.1 Å². The fourth-order valence-corrected chi connectivity index (χ4v) is 0.541. The third-order valence-electron chi connectivity index (χ3n) is 1.09. The summed E-state index contributed by atoms with van der Waals surface area (Å²) in [6.07, 6.45) is 2.54. The number of amides is 1. The topological polar surface area (TPSA) is 38.3 Å². The van der Waals surface area contributed by atoms with Gasteiger partial charge in [0, 0.05) is 6.42 Å². The van der Waals surface area contributed by atoms with Gasteiger partial charge in [-0.2, -0.15) is 0 Å². The summed E-state index contributed by atoms with van der Waals surface area (Å²) in [5.74, 6) is -0.0244. The van der Waals surface area contributed by atoms with Gasteiger partial charge in [-0.1, -0.05) is 13.3 Å². The summed E-state index contributed by atoms with van der Waals surface area (Å²) in [6.45, 7) is 4.41. The minimum atomic E-state index is -0.0244. The Hall–Kier alpha value is -0.570. The average molecular weight is 145 g/mol. The zero-order valence-corrected chi connectivity index (χ0v) is 6.64. The summed E-state index contributed by atoms with van der Waals surface area (Å²) < 4.78 is 0. The summed E-state index contributed by atoms with van der Waals surface area (Å²) in [5.41, 5.74) is 2.33. The fourth-order valence-electron chi connectivity index (χ4n) is 0.541. The van der Waals surface area contributed by atoms with Crippen LogP contribution in [-0.2, 0) is 9.63 Å². The molecule has 0 aliphatic carbocycles. The Bertz CT molecular complexity index is 83.6. The van der Waals surface area contributed by atoms with E-state index in [0.29, 0.717) is 13.0 Å². The molecule has 0 radical (unpaired) electrons. The second-order valence-corrected chi connectivity index (χ2v) is 2.06. The number of nitrogens with one attached hydrogen (secondary N) is 1. The molecule has 3 nitrogen and oxygen atoms in total. The molecule has 0 atom stereocenters. The molecule has 0 rings (SSSR count). The number of hydroxylamine groups is 1. The second-order valence-electron chi connectivity index (χ2n) is 2.06. The maximum Gasteiger partial charge on any atom is 0.243 e. The molecule has 10 heavy (non-hydrogen) atoms. The van der Waals surface area contributed by atoms with Gasteiger partial charge in [0.15, 0.2) is 0 Å². The standard InChI is InChI=1S/C7H15NO2/c1-3-5-6-7(9)8-10-4-2/h3-6H2,1-2H3,(H,8,9). The maximum atomic E-state index is 10.7. The molecule has 0 fully saturated rings. The van der Waals surface area contributed by atoms with Crippen molar-refractivity contribution >= 4 is 5.91 Å². The van der Waals surface area contributed by atoms with E-state index in [1.807, 2.05) is 13.8 Å². The van der Waals surface area contributed by atoms with Crippen LogP contribution in [0.2, 0.25) is 0 Å². The van der Waals surface area contributed by atoms with Crippen LogP contribution in [-0.4, -0.2) is 12.5 Å². The van der Waals surface area contributed by atoms with Crippen molar-refractivity contribution in [3.63, 3.8) is 0 Å². The van der Waals surface area contributed by atoms with E-state index in [1.165, 1.54) is 0 Å². The van der Waals surface area contributed by atoms with E-state index in [-0.39, 0.29) is 5.91 Å². The van der Waals surface area contributed by atoms with Crippen LogP contribution in [0, 0.1) is 0 Å². The molecule has 0 unspecified atom stereocenters. The van der Waals surface area contributed by atoms with Gasteiger partial charge in [-0.15, -0.1) is 0 Å². The number of carbonyl (C=O) groups is 1. The van der Waals surface area contributed by atoms with Gasteiger partial charge in [0.2, 0.25) is 5.91 Å². The molecule has 0 aromatic heterocycles. The van der Waals surface area contributed by atoms with E-state index in [9.17, 15) is 4.79 Å². The minimum Gasteiger partial charge on any atom is -0.274 e. The minimum absolute atomic E-state index is 0.0244. The second kappa shape index (κ2) is 6.55. The summed E-state index contributed by atoms with van der Waals surface area (Å²) in [7, 11) is 0. The van der Waals surface area contributed by atoms with Crippen molar-refractivity contribution in [1.29, 1.82) is 0 Å². The molecular formula is C7H15NO2. The predicted molar refractivity (Wildman–Crippen MR) is 39.3 cm³/mol. The van der Waals surface area contributed by atoms with E-state index in [4.69, 9.17) is 4.84 Å². The molecule has 0 aromatic carbocycles. The Morgan fingerprint density at radius 1 is 1.50 bits per heavy atom. The molecule has 0 aliphatic heterocycles. The van der Waals surface area contributed by atoms with Crippen molar-refractivity contribution < 1.29 is 9.63 Å². The summed E-state index contributed by atoms with van der Waals surface area (Å²) in [4.78, 5) is 15.4. The lowest BCUT2D eigenvalue weighted by Crippen LogP contribution is -2.22. The van der Waals surface area contributed by atoms with E-state index in [2.05, 4.69) is 5.48 Å². The number of rotatable bonds is 5. The molecule has 0 spiro atoms. The van der Waals surface area contributed by atoms with Gasteiger partial charge in [0.25, 0.3) is 0 Å². The monoisotopic (exact) mass is 145 g/mol. The zero-order chi connectivity index (χ0) is 7.82. The van der Waals surface area contributed by atoms with Crippen molar-refractivity contribution in [2.24, 2.45) is 0 Å². The predicted octanol–water partition coefficient (Wildman–Crippen LogP) is 1.24. The quantitative estimate of drug-likeness (QED) is 0.591. The van der Waals surface area contributed by atoms with Crippen LogP contribution < -0.4 is 5.48 Å². The lowest BCUT2D eigenvalue weighted by Gasteiger charge is -2.01. The van der Waals surface area contributed by atoms with E-state index < -0.39 is 0 Å². The Kier molecular flexibility index (Phi) is 6.18. The lowest BCUT2D eigenvalue weighted by molar-refractivity contribution is -0.133. The van der Waals surface area contributed by atoms with E-state index in [1.54, 1.807) is 0 Å². The highest BCUT2D eigenvalue weighted by molar-refractivity contribution is 5.74. The van der Waals surface area contributed by atoms with Gasteiger partial charge in [0.05, 0.1) is 6.61 Å². The molecule has 0 bridgehead atoms. The molecule has 1 amide bonds. The first-order chi connectivity index (χ1) is 4.81. The van der Waals surface area contributed by atoms with E-state index >= 15 is 0 Å². The Morgan fingerprint density at radius 3 is 2.70 bits per heavy atom. The van der Waals surface area contributed by atoms with Crippen LogP contribution in [0.25, 0.3) is 0 Å². The Labute approximate surface area is 61.7 Å². The molecule has 60 valence electrons. The summed E-state index contributed by atoms with van der Waals surface area (Å²) in [5, 5.41) is 0. The average Bonchev–Trinajstić information content (AvgIpc) is 1.97. The molecule has 1 N–H and O–H groups in total. The maximum absolute atomic E-state index is 10.7. The van der Waals surface area contributed by atoms with Crippen molar-refractivity contribution in [2.75, 3.05) is 6.61 Å². The molecule has 0 saturated heterocycles. The van der Waals surface area contributed by atoms with Gasteiger partial charge in [-0.3, -0.25) is 9.63 Å². The van der Waals surface area contributed by atoms with Crippen LogP contribution in [0.15, 0.2) is 0 Å². The number of unbranched alkanes of at least 4 members (excludes halogenated alkanes) is 1. The normalized spacial score (nSPS) is 9.40. The molecule has 0 saturated carbocycles. The first-order valence-electron chi connectivity index (χ1n) is 3.71. The molecule has 3 heteroatoms. The molecule has 0 aromatic rings. The van der Waals surface area contributed by atoms with Gasteiger partial charge >= 0.3 is 0 Å². The van der Waals surface area contributed by atoms with Crippen LogP contribution in [0.5, 0.6) is 0 Å². The Balaban J connectivity index is 3.09. The van der Waals surface area contributed by atoms with Crippen molar-refractivity contribution in [1.82, 2.24) is 5.48 Å². The first-order valence-corrected chi connectivity index (χ1v) is 3.71. The highest BCUT2D eigenvalue weighted by Gasteiger charge is 1.96. The van der Waals surface area contributed by atoms with Crippen LogP contribution >= 0.6 is 0 Å². The van der Waals surface area contributed by atoms with Crippen LogP contribution in [0.1, 0.15) is 33.1 Å². The zero-order valence-electron chi connectivity index (χ0n) is 6.64. The lowest BCUT2D eigenvalue weighted by atomic mass is 10.2. The SMILES string of the molecule is CCCCC(=O)NOCC. The number of carbonyl (C=O) groups excluding carboxylic acids is 1. The number of hydrogen-bond acceptors (Lipinski definition) is 2. The summed E-state index contributed by atoms with van der Waals surface area (Å²) in [6, 6.07) is 0. The number of hydrogen-bond donors (Lipinski definition) is 1. The van der Waals surface area contributed by atoms with Crippen LogP contribution in [0.4, 0.5) is 0 Å². The van der Waals surface area contributed by atoms with Gasteiger partial charge in [0.1, 0.15) is 0 Å². The third-order valence-corrected chi connectivity index (χ3v) is 1.09. The summed E-state index contributed by atoms with van der Waals surface area (Å²) >= 11 is 0. The Morgan fingerprint density at radius 2 is 2.20 bits per heavy atom. The molecule has 0 heterocycles. The van der Waals surface area contributed by atoms with Crippen molar-refractivity contribution in [3.8, 4) is 0 Å². The van der Waals surface area contributed by atoms with Crippen molar-refractivity contribution in [3.05, 3.63) is 0 Å². The highest BCUT2D eigenvalue weighted by Crippen LogP contribution is 1.92. The van der Waals surface area contributed by atoms with Gasteiger partial charge in [-0.25, -0.2) is 5.48 Å². The fraction of sp³-hybridized carbons (Fsp3) is 0.857. The van der Waals surface area contributed by atoms with E-state index in [0.717, 1.165) is 12.8 Å². The smallest absolute Gasteiger partial charge is 0.243 e. The highest BCUT2D eigenvalue weighted by atomic mass is 16.6. The van der Waals surface area contributed by atoms with Gasteiger partial charge < -0.3 is 0 Å². The van der Waals surface area contributed by atoms with Gasteiger partial charge in [-0.05, 0) is 13.3 Å².